The van der Waals surface area contributed by atoms with Gasteiger partial charge in [0, 0.05) is 20.3 Å². The van der Waals surface area contributed by atoms with Gasteiger partial charge in [0.25, 0.3) is 5.91 Å². The quantitative estimate of drug-likeness (QED) is 0.310. The number of nitrogens with zero attached hydrogens (tertiary/aromatic N) is 2. The molecule has 0 heterocycles. The Morgan fingerprint density at radius 1 is 1.35 bits per heavy atom. The molecule has 0 aliphatic rings. The molecule has 0 unspecified atom stereocenters. The Kier molecular flexibility index (Phi) is 6.20. The first-order valence-electron chi connectivity index (χ1n) is 4.88. The normalized spacial score (nSPS) is 11.9. The molecule has 0 spiro atoms. The molecule has 0 bridgehead atoms. The Morgan fingerprint density at radius 3 is 2.12 bits per heavy atom. The molecule has 7 heteroatoms. The molecule has 0 aliphatic carbocycles. The van der Waals surface area contributed by atoms with E-state index in [2.05, 4.69) is 5.32 Å². The van der Waals surface area contributed by atoms with Crippen LogP contribution in [0.5, 0.6) is 0 Å². The maximum absolute atomic E-state index is 11.6. The van der Waals surface area contributed by atoms with Gasteiger partial charge in [-0.25, -0.2) is 0 Å². The molecule has 7 nitrogen and oxygen atoms in total. The van der Waals surface area contributed by atoms with Crippen LogP contribution in [0.3, 0.4) is 0 Å². The van der Waals surface area contributed by atoms with Crippen LogP contribution in [0.15, 0.2) is 11.8 Å². The van der Waals surface area contributed by atoms with E-state index in [-0.39, 0.29) is 5.57 Å². The van der Waals surface area contributed by atoms with Crippen LogP contribution >= 0.6 is 0 Å². The molecule has 96 valence electrons. The number of rotatable bonds is 6. The average Bonchev–Trinajstić information content (AvgIpc) is 2.32. The second kappa shape index (κ2) is 6.85. The highest BCUT2D eigenvalue weighted by atomic mass is 16.3. The number of amides is 1. The van der Waals surface area contributed by atoms with Gasteiger partial charge in [-0.15, -0.1) is 0 Å². The highest BCUT2D eigenvalue weighted by Crippen LogP contribution is 2.04. The molecule has 0 fully saturated rings. The first-order valence-corrected chi connectivity index (χ1v) is 4.88. The maximum Gasteiger partial charge on any atom is 0.264 e. The zero-order chi connectivity index (χ0) is 13.5. The second-order valence-electron chi connectivity index (χ2n) is 3.83. The van der Waals surface area contributed by atoms with Crippen LogP contribution in [0, 0.1) is 11.3 Å². The van der Waals surface area contributed by atoms with Crippen LogP contribution in [0.1, 0.15) is 0 Å². The van der Waals surface area contributed by atoms with Gasteiger partial charge in [-0.05, 0) is 0 Å². The standard InChI is InChI=1S/C10H17N3O4/c1-13(2)4-8(3-11)9(17)12-10(5-14,6-15)7-16/h4,14-16H,5-7H2,1-2H3,(H,12,17)/b8-4+. The first-order chi connectivity index (χ1) is 7.94. The van der Waals surface area contributed by atoms with E-state index in [1.54, 1.807) is 20.2 Å². The lowest BCUT2D eigenvalue weighted by atomic mass is 10.0. The van der Waals surface area contributed by atoms with E-state index in [0.717, 1.165) is 0 Å². The lowest BCUT2D eigenvalue weighted by Crippen LogP contribution is -2.57. The molecule has 0 saturated carbocycles. The summed E-state index contributed by atoms with van der Waals surface area (Å²) in [5, 5.41) is 38.0. The summed E-state index contributed by atoms with van der Waals surface area (Å²) < 4.78 is 0. The minimum absolute atomic E-state index is 0.185. The third kappa shape index (κ3) is 4.40. The predicted molar refractivity (Wildman–Crippen MR) is 59.5 cm³/mol. The van der Waals surface area contributed by atoms with Crippen molar-refractivity contribution in [2.45, 2.75) is 5.54 Å². The summed E-state index contributed by atoms with van der Waals surface area (Å²) in [6.07, 6.45) is 1.30. The SMILES string of the molecule is CN(C)/C=C(\C#N)C(=O)NC(CO)(CO)CO. The van der Waals surface area contributed by atoms with E-state index in [9.17, 15) is 4.79 Å². The summed E-state index contributed by atoms with van der Waals surface area (Å²) in [6.45, 7) is -1.90. The van der Waals surface area contributed by atoms with Crippen molar-refractivity contribution in [2.75, 3.05) is 33.9 Å². The van der Waals surface area contributed by atoms with Crippen molar-refractivity contribution >= 4 is 5.91 Å². The second-order valence-corrected chi connectivity index (χ2v) is 3.83. The summed E-state index contributed by atoms with van der Waals surface area (Å²) in [5.41, 5.74) is -1.71. The molecular formula is C10H17N3O4. The van der Waals surface area contributed by atoms with E-state index in [1.165, 1.54) is 11.1 Å². The van der Waals surface area contributed by atoms with Gasteiger partial charge in [-0.1, -0.05) is 0 Å². The summed E-state index contributed by atoms with van der Waals surface area (Å²) >= 11 is 0. The number of nitriles is 1. The Labute approximate surface area is 99.6 Å². The van der Waals surface area contributed by atoms with Crippen molar-refractivity contribution in [1.29, 1.82) is 5.26 Å². The van der Waals surface area contributed by atoms with E-state index >= 15 is 0 Å². The van der Waals surface area contributed by atoms with Gasteiger partial charge >= 0.3 is 0 Å². The zero-order valence-electron chi connectivity index (χ0n) is 9.84. The average molecular weight is 243 g/mol. The predicted octanol–water partition coefficient (Wildman–Crippen LogP) is -2.21. The zero-order valence-corrected chi connectivity index (χ0v) is 9.84. The molecule has 4 N–H and O–H groups in total. The maximum atomic E-state index is 11.6. The number of aliphatic hydroxyl groups is 3. The third-order valence-corrected chi connectivity index (χ3v) is 2.04. The fourth-order valence-corrected chi connectivity index (χ4v) is 0.973. The van der Waals surface area contributed by atoms with Crippen LogP contribution in [-0.4, -0.2) is 65.6 Å². The molecule has 0 rings (SSSR count). The molecule has 1 amide bonds. The van der Waals surface area contributed by atoms with E-state index in [0.29, 0.717) is 0 Å². The van der Waals surface area contributed by atoms with Gasteiger partial charge in [0.2, 0.25) is 0 Å². The van der Waals surface area contributed by atoms with Gasteiger partial charge in [-0.3, -0.25) is 4.79 Å². The van der Waals surface area contributed by atoms with Crippen LogP contribution in [0.4, 0.5) is 0 Å². The molecular weight excluding hydrogens is 226 g/mol. The number of hydrogen-bond donors (Lipinski definition) is 4. The fraction of sp³-hybridized carbons (Fsp3) is 0.600. The molecule has 0 aromatic heterocycles. The molecule has 0 aromatic rings. The topological polar surface area (TPSA) is 117 Å². The van der Waals surface area contributed by atoms with Crippen LogP contribution in [0.25, 0.3) is 0 Å². The van der Waals surface area contributed by atoms with Gasteiger partial charge in [0.15, 0.2) is 0 Å². The monoisotopic (exact) mass is 243 g/mol. The van der Waals surface area contributed by atoms with Crippen LogP contribution < -0.4 is 5.32 Å². The molecule has 0 atom stereocenters. The summed E-state index contributed by atoms with van der Waals surface area (Å²) in [4.78, 5) is 13.2. The number of hydrogen-bond acceptors (Lipinski definition) is 6. The Balaban J connectivity index is 4.90. The van der Waals surface area contributed by atoms with Crippen molar-refractivity contribution in [3.63, 3.8) is 0 Å². The highest BCUT2D eigenvalue weighted by Gasteiger charge is 2.31. The Hall–Kier alpha value is -1.62. The van der Waals surface area contributed by atoms with Gasteiger partial charge < -0.3 is 25.5 Å². The number of aliphatic hydroxyl groups excluding tert-OH is 3. The summed E-state index contributed by atoms with van der Waals surface area (Å²) in [7, 11) is 3.28. The van der Waals surface area contributed by atoms with Crippen LogP contribution in [-0.2, 0) is 4.79 Å². The van der Waals surface area contributed by atoms with Crippen molar-refractivity contribution in [3.8, 4) is 6.07 Å². The van der Waals surface area contributed by atoms with Crippen molar-refractivity contribution in [1.82, 2.24) is 10.2 Å². The lowest BCUT2D eigenvalue weighted by molar-refractivity contribution is -0.121. The third-order valence-electron chi connectivity index (χ3n) is 2.04. The minimum atomic E-state index is -1.53. The van der Waals surface area contributed by atoms with E-state index in [1.807, 2.05) is 0 Å². The number of carbonyl (C=O) groups excluding carboxylic acids is 1. The minimum Gasteiger partial charge on any atom is -0.394 e. The van der Waals surface area contributed by atoms with Gasteiger partial charge in [0.05, 0.1) is 19.8 Å². The molecule has 0 radical (unpaired) electrons. The smallest absolute Gasteiger partial charge is 0.264 e. The molecule has 0 aromatic carbocycles. The Bertz CT molecular complexity index is 321. The Morgan fingerprint density at radius 2 is 1.82 bits per heavy atom. The van der Waals surface area contributed by atoms with Crippen molar-refractivity contribution < 1.29 is 20.1 Å². The number of carbonyl (C=O) groups is 1. The molecule has 0 aliphatic heterocycles. The summed E-state index contributed by atoms with van der Waals surface area (Å²) in [5.74, 6) is -0.765. The fourth-order valence-electron chi connectivity index (χ4n) is 0.973. The van der Waals surface area contributed by atoms with Gasteiger partial charge in [0.1, 0.15) is 17.2 Å². The number of nitrogens with one attached hydrogen (secondary N) is 1. The lowest BCUT2D eigenvalue weighted by Gasteiger charge is -2.28. The molecule has 17 heavy (non-hydrogen) atoms. The van der Waals surface area contributed by atoms with Crippen molar-refractivity contribution in [2.24, 2.45) is 0 Å². The van der Waals surface area contributed by atoms with Crippen molar-refractivity contribution in [3.05, 3.63) is 11.8 Å². The largest absolute Gasteiger partial charge is 0.394 e. The van der Waals surface area contributed by atoms with E-state index in [4.69, 9.17) is 20.6 Å². The first kappa shape index (κ1) is 15.4. The van der Waals surface area contributed by atoms with Gasteiger partial charge in [-0.2, -0.15) is 5.26 Å². The van der Waals surface area contributed by atoms with E-state index < -0.39 is 31.3 Å². The highest BCUT2D eigenvalue weighted by molar-refractivity contribution is 5.97. The summed E-state index contributed by atoms with van der Waals surface area (Å²) in [6, 6.07) is 1.69. The molecule has 0 saturated heterocycles. The van der Waals surface area contributed by atoms with Crippen LogP contribution in [0.2, 0.25) is 0 Å².